The predicted octanol–water partition coefficient (Wildman–Crippen LogP) is 2.64. The number of rotatable bonds is 4. The molecule has 1 aromatic rings. The number of thioether (sulfide) groups is 2. The number of carbonyl (C=O) groups excluding carboxylic acids is 2. The number of aromatic nitrogens is 2. The van der Waals surface area contributed by atoms with Crippen molar-refractivity contribution in [1.29, 1.82) is 0 Å². The van der Waals surface area contributed by atoms with Gasteiger partial charge in [-0.25, -0.2) is 4.98 Å². The molecule has 24 heavy (non-hydrogen) atoms. The van der Waals surface area contributed by atoms with Gasteiger partial charge >= 0.3 is 0 Å². The van der Waals surface area contributed by atoms with Crippen LogP contribution in [0, 0.1) is 11.8 Å². The molecule has 2 saturated heterocycles. The van der Waals surface area contributed by atoms with Gasteiger partial charge in [-0.1, -0.05) is 0 Å². The summed E-state index contributed by atoms with van der Waals surface area (Å²) < 4.78 is 0. The number of nitrogens with zero attached hydrogens (tertiary/aromatic N) is 2. The summed E-state index contributed by atoms with van der Waals surface area (Å²) in [6, 6.07) is 0. The Bertz CT molecular complexity index is 540. The second-order valence-corrected chi connectivity index (χ2v) is 8.49. The summed E-state index contributed by atoms with van der Waals surface area (Å²) in [7, 11) is 0. The van der Waals surface area contributed by atoms with Gasteiger partial charge in [0, 0.05) is 11.8 Å². The normalized spacial score (nSPS) is 19.7. The third kappa shape index (κ3) is 4.86. The summed E-state index contributed by atoms with van der Waals surface area (Å²) in [5.74, 6) is 5.00. The van der Waals surface area contributed by atoms with E-state index in [1.54, 1.807) is 0 Å². The lowest BCUT2D eigenvalue weighted by Gasteiger charge is -2.21. The summed E-state index contributed by atoms with van der Waals surface area (Å²) in [4.78, 5) is 32.9. The van der Waals surface area contributed by atoms with Crippen LogP contribution in [0.3, 0.4) is 0 Å². The van der Waals surface area contributed by atoms with Crippen molar-refractivity contribution in [2.24, 2.45) is 11.8 Å². The molecule has 2 fully saturated rings. The molecule has 1 aromatic heterocycles. The average Bonchev–Trinajstić information content (AvgIpc) is 2.63. The van der Waals surface area contributed by atoms with Crippen LogP contribution in [-0.4, -0.2) is 44.8 Å². The van der Waals surface area contributed by atoms with E-state index in [2.05, 4.69) is 20.6 Å². The molecule has 0 atom stereocenters. The molecular formula is C16H22N4O2S2. The van der Waals surface area contributed by atoms with Crippen LogP contribution < -0.4 is 10.6 Å². The minimum atomic E-state index is -0.00242. The van der Waals surface area contributed by atoms with Crippen LogP contribution in [0.2, 0.25) is 0 Å². The zero-order valence-electron chi connectivity index (χ0n) is 13.5. The minimum absolute atomic E-state index is 0.00242. The van der Waals surface area contributed by atoms with E-state index in [-0.39, 0.29) is 23.7 Å². The highest BCUT2D eigenvalue weighted by Gasteiger charge is 2.23. The highest BCUT2D eigenvalue weighted by molar-refractivity contribution is 7.99. The Morgan fingerprint density at radius 1 is 0.833 bits per heavy atom. The maximum atomic E-state index is 12.3. The molecule has 0 spiro atoms. The quantitative estimate of drug-likeness (QED) is 0.852. The first-order chi connectivity index (χ1) is 11.7. The third-order valence-corrected chi connectivity index (χ3v) is 6.42. The number of hydrogen-bond acceptors (Lipinski definition) is 6. The van der Waals surface area contributed by atoms with Gasteiger partial charge < -0.3 is 10.6 Å². The molecule has 3 heterocycles. The van der Waals surface area contributed by atoms with Gasteiger partial charge in [-0.15, -0.1) is 0 Å². The van der Waals surface area contributed by atoms with E-state index in [1.807, 2.05) is 23.5 Å². The fourth-order valence-corrected chi connectivity index (χ4v) is 5.08. The number of anilines is 2. The first-order valence-electron chi connectivity index (χ1n) is 8.31. The predicted molar refractivity (Wildman–Crippen MR) is 99.4 cm³/mol. The zero-order valence-corrected chi connectivity index (χ0v) is 15.1. The van der Waals surface area contributed by atoms with Crippen LogP contribution in [0.4, 0.5) is 11.6 Å². The van der Waals surface area contributed by atoms with Crippen LogP contribution in [0.15, 0.2) is 12.4 Å². The molecule has 0 bridgehead atoms. The van der Waals surface area contributed by atoms with Gasteiger partial charge in [-0.2, -0.15) is 23.5 Å². The Morgan fingerprint density at radius 3 is 1.67 bits per heavy atom. The van der Waals surface area contributed by atoms with E-state index in [0.29, 0.717) is 11.6 Å². The molecule has 8 heteroatoms. The van der Waals surface area contributed by atoms with Crippen LogP contribution in [0.1, 0.15) is 25.7 Å². The van der Waals surface area contributed by atoms with Crippen LogP contribution >= 0.6 is 23.5 Å². The van der Waals surface area contributed by atoms with E-state index >= 15 is 0 Å². The highest BCUT2D eigenvalue weighted by atomic mass is 32.2. The smallest absolute Gasteiger partial charge is 0.228 e. The molecule has 0 unspecified atom stereocenters. The van der Waals surface area contributed by atoms with E-state index in [4.69, 9.17) is 0 Å². The fraction of sp³-hybridized carbons (Fsp3) is 0.625. The summed E-state index contributed by atoms with van der Waals surface area (Å²) in [6.45, 7) is 0. The van der Waals surface area contributed by atoms with Crippen molar-refractivity contribution in [3.8, 4) is 0 Å². The monoisotopic (exact) mass is 366 g/mol. The van der Waals surface area contributed by atoms with Gasteiger partial charge in [-0.05, 0) is 48.7 Å². The molecule has 0 radical (unpaired) electrons. The van der Waals surface area contributed by atoms with Gasteiger partial charge in [0.15, 0.2) is 11.6 Å². The summed E-state index contributed by atoms with van der Waals surface area (Å²) in [5, 5.41) is 5.66. The van der Waals surface area contributed by atoms with Gasteiger partial charge in [0.2, 0.25) is 11.8 Å². The van der Waals surface area contributed by atoms with Gasteiger partial charge in [0.05, 0.1) is 12.4 Å². The molecule has 0 aromatic carbocycles. The minimum Gasteiger partial charge on any atom is -0.309 e. The molecule has 0 aliphatic carbocycles. The van der Waals surface area contributed by atoms with E-state index in [9.17, 15) is 9.59 Å². The molecule has 2 N–H and O–H groups in total. The Kier molecular flexibility index (Phi) is 6.37. The van der Waals surface area contributed by atoms with Crippen molar-refractivity contribution in [2.75, 3.05) is 33.6 Å². The second kappa shape index (κ2) is 8.71. The SMILES string of the molecule is O=C(Nc1cncc(NC(=O)C2CCSCC2)n1)C1CCSCC1. The highest BCUT2D eigenvalue weighted by Crippen LogP contribution is 2.25. The lowest BCUT2D eigenvalue weighted by Crippen LogP contribution is -2.28. The third-order valence-electron chi connectivity index (χ3n) is 4.32. The lowest BCUT2D eigenvalue weighted by atomic mass is 10.0. The summed E-state index contributed by atoms with van der Waals surface area (Å²) >= 11 is 3.78. The molecule has 2 aliphatic heterocycles. The first kappa shape index (κ1) is 17.5. The Morgan fingerprint density at radius 2 is 1.25 bits per heavy atom. The average molecular weight is 367 g/mol. The molecule has 130 valence electrons. The van der Waals surface area contributed by atoms with Gasteiger partial charge in [0.25, 0.3) is 0 Å². The molecule has 3 rings (SSSR count). The van der Waals surface area contributed by atoms with Crippen LogP contribution in [0.5, 0.6) is 0 Å². The molecule has 6 nitrogen and oxygen atoms in total. The number of carbonyl (C=O) groups is 2. The second-order valence-electron chi connectivity index (χ2n) is 6.04. The lowest BCUT2D eigenvalue weighted by molar-refractivity contribution is -0.120. The summed E-state index contributed by atoms with van der Waals surface area (Å²) in [6.07, 6.45) is 6.64. The Labute approximate surface area is 150 Å². The fourth-order valence-electron chi connectivity index (χ4n) is 2.86. The Balaban J connectivity index is 1.57. The van der Waals surface area contributed by atoms with Gasteiger partial charge in [-0.3, -0.25) is 14.6 Å². The Hall–Kier alpha value is -1.28. The van der Waals surface area contributed by atoms with Crippen molar-refractivity contribution in [3.05, 3.63) is 12.4 Å². The molecule has 0 saturated carbocycles. The maximum absolute atomic E-state index is 12.3. The molecular weight excluding hydrogens is 344 g/mol. The van der Waals surface area contributed by atoms with Gasteiger partial charge in [0.1, 0.15) is 0 Å². The van der Waals surface area contributed by atoms with Crippen molar-refractivity contribution >= 4 is 47.0 Å². The van der Waals surface area contributed by atoms with Crippen molar-refractivity contribution in [1.82, 2.24) is 9.97 Å². The molecule has 2 aliphatic rings. The van der Waals surface area contributed by atoms with E-state index < -0.39 is 0 Å². The summed E-state index contributed by atoms with van der Waals surface area (Å²) in [5.41, 5.74) is 0. The molecule has 2 amide bonds. The largest absolute Gasteiger partial charge is 0.309 e. The number of nitrogens with one attached hydrogen (secondary N) is 2. The van der Waals surface area contributed by atoms with Crippen LogP contribution in [-0.2, 0) is 9.59 Å². The van der Waals surface area contributed by atoms with Crippen molar-refractivity contribution in [2.45, 2.75) is 25.7 Å². The van der Waals surface area contributed by atoms with E-state index in [1.165, 1.54) is 12.4 Å². The zero-order chi connectivity index (χ0) is 16.8. The topological polar surface area (TPSA) is 84.0 Å². The number of amides is 2. The van der Waals surface area contributed by atoms with E-state index in [0.717, 1.165) is 48.7 Å². The van der Waals surface area contributed by atoms with Crippen molar-refractivity contribution < 1.29 is 9.59 Å². The first-order valence-corrected chi connectivity index (χ1v) is 10.6. The standard InChI is InChI=1S/C16H22N4O2S2/c21-15(11-1-5-23-6-2-11)19-13-9-17-10-14(18-13)20-16(22)12-3-7-24-8-4-12/h9-12H,1-8H2,(H2,18,19,20,21,22). The van der Waals surface area contributed by atoms with Crippen molar-refractivity contribution in [3.63, 3.8) is 0 Å². The van der Waals surface area contributed by atoms with Crippen LogP contribution in [0.25, 0.3) is 0 Å². The number of hydrogen-bond donors (Lipinski definition) is 2. The maximum Gasteiger partial charge on any atom is 0.228 e.